The van der Waals surface area contributed by atoms with Gasteiger partial charge in [-0.3, -0.25) is 14.4 Å². The minimum Gasteiger partial charge on any atom is -0.481 e. The van der Waals surface area contributed by atoms with Crippen molar-refractivity contribution in [2.24, 2.45) is 5.41 Å². The van der Waals surface area contributed by atoms with Crippen molar-refractivity contribution < 1.29 is 19.1 Å². The Balaban J connectivity index is 1.94. The molecule has 1 fully saturated rings. The average molecular weight is 359 g/mol. The van der Waals surface area contributed by atoms with E-state index in [1.54, 1.807) is 13.0 Å². The van der Waals surface area contributed by atoms with Crippen molar-refractivity contribution in [1.82, 2.24) is 14.7 Å². The molecule has 3 rings (SSSR count). The van der Waals surface area contributed by atoms with Crippen LogP contribution in [-0.4, -0.2) is 44.8 Å². The second-order valence-corrected chi connectivity index (χ2v) is 6.62. The molecule has 0 spiro atoms. The minimum absolute atomic E-state index is 0.0394. The Morgan fingerprint density at radius 1 is 1.23 bits per heavy atom. The molecule has 0 radical (unpaired) electrons. The van der Waals surface area contributed by atoms with Crippen LogP contribution in [0.2, 0.25) is 0 Å². The number of hydrogen-bond acceptors (Lipinski definition) is 4. The summed E-state index contributed by atoms with van der Waals surface area (Å²) in [6, 6.07) is 8.05. The number of rotatable bonds is 3. The lowest BCUT2D eigenvalue weighted by molar-refractivity contribution is -0.150. The maximum absolute atomic E-state index is 14.0. The predicted octanol–water partition coefficient (Wildman–Crippen LogP) is 1.70. The molecule has 1 atom stereocenters. The molecule has 2 heterocycles. The Morgan fingerprint density at radius 2 is 1.96 bits per heavy atom. The van der Waals surface area contributed by atoms with Crippen LogP contribution in [0.25, 0.3) is 5.69 Å². The number of aromatic nitrogens is 2. The number of amides is 1. The summed E-state index contributed by atoms with van der Waals surface area (Å²) in [5, 5.41) is 13.4. The van der Waals surface area contributed by atoms with E-state index in [2.05, 4.69) is 5.10 Å². The van der Waals surface area contributed by atoms with Gasteiger partial charge in [-0.25, -0.2) is 4.39 Å². The van der Waals surface area contributed by atoms with Crippen molar-refractivity contribution in [3.8, 4) is 5.69 Å². The van der Waals surface area contributed by atoms with Gasteiger partial charge in [0.25, 0.3) is 11.5 Å². The fourth-order valence-corrected chi connectivity index (χ4v) is 3.07. The third kappa shape index (κ3) is 3.22. The van der Waals surface area contributed by atoms with Crippen LogP contribution < -0.4 is 5.56 Å². The number of nitrogens with zero attached hydrogens (tertiary/aromatic N) is 3. The second-order valence-electron chi connectivity index (χ2n) is 6.62. The standard InChI is InChI=1S/C18H18FN3O4/c1-18(17(25)26)9-4-10-21(11-18)16(24)13-7-8-15(23)22(20-13)14-6-3-2-5-12(14)19/h2-3,5-8H,4,9-11H2,1H3,(H,25,26). The van der Waals surface area contributed by atoms with E-state index < -0.39 is 28.7 Å². The number of carboxylic acids is 1. The average Bonchev–Trinajstić information content (AvgIpc) is 2.62. The highest BCUT2D eigenvalue weighted by Gasteiger charge is 2.39. The van der Waals surface area contributed by atoms with E-state index in [1.165, 1.54) is 29.2 Å². The molecule has 7 nitrogen and oxygen atoms in total. The van der Waals surface area contributed by atoms with Gasteiger partial charge < -0.3 is 10.0 Å². The molecule has 26 heavy (non-hydrogen) atoms. The first-order chi connectivity index (χ1) is 12.3. The van der Waals surface area contributed by atoms with E-state index in [0.717, 1.165) is 10.7 Å². The summed E-state index contributed by atoms with van der Waals surface area (Å²) in [7, 11) is 0. The van der Waals surface area contributed by atoms with Gasteiger partial charge in [0.05, 0.1) is 5.41 Å². The molecule has 1 amide bonds. The van der Waals surface area contributed by atoms with E-state index in [0.29, 0.717) is 19.4 Å². The highest BCUT2D eigenvalue weighted by Crippen LogP contribution is 2.30. The fourth-order valence-electron chi connectivity index (χ4n) is 3.07. The Labute approximate surface area is 148 Å². The Kier molecular flexibility index (Phi) is 4.58. The number of piperidine rings is 1. The zero-order chi connectivity index (χ0) is 18.9. The molecular weight excluding hydrogens is 341 g/mol. The summed E-state index contributed by atoms with van der Waals surface area (Å²) in [6.45, 7) is 2.06. The minimum atomic E-state index is -1.02. The number of hydrogen-bond donors (Lipinski definition) is 1. The van der Waals surface area contributed by atoms with E-state index in [4.69, 9.17) is 0 Å². The van der Waals surface area contributed by atoms with Crippen LogP contribution in [0.3, 0.4) is 0 Å². The first-order valence-electron chi connectivity index (χ1n) is 8.20. The summed E-state index contributed by atoms with van der Waals surface area (Å²) in [4.78, 5) is 37.7. The van der Waals surface area contributed by atoms with Gasteiger partial charge in [-0.1, -0.05) is 12.1 Å². The van der Waals surface area contributed by atoms with Gasteiger partial charge in [-0.15, -0.1) is 0 Å². The van der Waals surface area contributed by atoms with Gasteiger partial charge in [-0.05, 0) is 38.0 Å². The van der Waals surface area contributed by atoms with Crippen molar-refractivity contribution >= 4 is 11.9 Å². The molecule has 1 saturated heterocycles. The van der Waals surface area contributed by atoms with Gasteiger partial charge in [-0.2, -0.15) is 9.78 Å². The number of para-hydroxylation sites is 1. The van der Waals surface area contributed by atoms with E-state index in [-0.39, 0.29) is 17.9 Å². The summed E-state index contributed by atoms with van der Waals surface area (Å²) in [6.07, 6.45) is 1.04. The zero-order valence-corrected chi connectivity index (χ0v) is 14.2. The number of aliphatic carboxylic acids is 1. The summed E-state index contributed by atoms with van der Waals surface area (Å²) in [5.74, 6) is -2.08. The Bertz CT molecular complexity index is 927. The van der Waals surface area contributed by atoms with Crippen LogP contribution in [0.15, 0.2) is 41.2 Å². The summed E-state index contributed by atoms with van der Waals surface area (Å²) < 4.78 is 14.8. The number of likely N-dealkylation sites (tertiary alicyclic amines) is 1. The summed E-state index contributed by atoms with van der Waals surface area (Å²) in [5.41, 5.74) is -1.68. The molecule has 0 saturated carbocycles. The highest BCUT2D eigenvalue weighted by atomic mass is 19.1. The molecule has 0 aliphatic carbocycles. The largest absolute Gasteiger partial charge is 0.481 e. The third-order valence-corrected chi connectivity index (χ3v) is 4.60. The Hall–Kier alpha value is -3.03. The second kappa shape index (κ2) is 6.70. The molecular formula is C18H18FN3O4. The molecule has 8 heteroatoms. The molecule has 136 valence electrons. The fraction of sp³-hybridized carbons (Fsp3) is 0.333. The van der Waals surface area contributed by atoms with E-state index >= 15 is 0 Å². The van der Waals surface area contributed by atoms with Crippen LogP contribution in [0, 0.1) is 11.2 Å². The van der Waals surface area contributed by atoms with E-state index in [9.17, 15) is 23.9 Å². The number of carbonyl (C=O) groups is 2. The van der Waals surface area contributed by atoms with Crippen molar-refractivity contribution in [3.05, 3.63) is 58.3 Å². The van der Waals surface area contributed by atoms with Crippen LogP contribution in [0.1, 0.15) is 30.3 Å². The van der Waals surface area contributed by atoms with Crippen molar-refractivity contribution in [1.29, 1.82) is 0 Å². The van der Waals surface area contributed by atoms with Gasteiger partial charge >= 0.3 is 5.97 Å². The van der Waals surface area contributed by atoms with Gasteiger partial charge in [0.2, 0.25) is 0 Å². The van der Waals surface area contributed by atoms with Crippen molar-refractivity contribution in [2.45, 2.75) is 19.8 Å². The van der Waals surface area contributed by atoms with Crippen LogP contribution in [-0.2, 0) is 4.79 Å². The molecule has 1 aliphatic heterocycles. The van der Waals surface area contributed by atoms with Gasteiger partial charge in [0.15, 0.2) is 0 Å². The molecule has 1 aromatic carbocycles. The molecule has 1 aliphatic rings. The molecule has 1 N–H and O–H groups in total. The van der Waals surface area contributed by atoms with Crippen LogP contribution in [0.5, 0.6) is 0 Å². The molecule has 2 aromatic rings. The number of halogens is 1. The van der Waals surface area contributed by atoms with Crippen LogP contribution in [0.4, 0.5) is 4.39 Å². The monoisotopic (exact) mass is 359 g/mol. The van der Waals surface area contributed by atoms with Gasteiger partial charge in [0.1, 0.15) is 17.2 Å². The van der Waals surface area contributed by atoms with Crippen molar-refractivity contribution in [2.75, 3.05) is 13.1 Å². The lowest BCUT2D eigenvalue weighted by atomic mass is 9.82. The molecule has 1 aromatic heterocycles. The van der Waals surface area contributed by atoms with E-state index in [1.807, 2.05) is 0 Å². The highest BCUT2D eigenvalue weighted by molar-refractivity contribution is 5.92. The molecule has 1 unspecified atom stereocenters. The first kappa shape index (κ1) is 17.8. The maximum Gasteiger partial charge on any atom is 0.311 e. The maximum atomic E-state index is 14.0. The zero-order valence-electron chi connectivity index (χ0n) is 14.2. The Morgan fingerprint density at radius 3 is 2.65 bits per heavy atom. The van der Waals surface area contributed by atoms with Crippen LogP contribution >= 0.6 is 0 Å². The third-order valence-electron chi connectivity index (χ3n) is 4.60. The lowest BCUT2D eigenvalue weighted by Crippen LogP contribution is -2.48. The SMILES string of the molecule is CC1(C(=O)O)CCCN(C(=O)c2ccc(=O)n(-c3ccccc3F)n2)C1. The predicted molar refractivity (Wildman–Crippen MR) is 90.7 cm³/mol. The lowest BCUT2D eigenvalue weighted by Gasteiger charge is -2.37. The molecule has 0 bridgehead atoms. The first-order valence-corrected chi connectivity index (χ1v) is 8.20. The number of carboxylic acid groups (broad SMARTS) is 1. The normalized spacial score (nSPS) is 20.0. The number of carbonyl (C=O) groups excluding carboxylic acids is 1. The summed E-state index contributed by atoms with van der Waals surface area (Å²) >= 11 is 0. The topological polar surface area (TPSA) is 92.5 Å². The quantitative estimate of drug-likeness (QED) is 0.900. The van der Waals surface area contributed by atoms with Crippen molar-refractivity contribution in [3.63, 3.8) is 0 Å². The van der Waals surface area contributed by atoms with Gasteiger partial charge in [0, 0.05) is 19.2 Å². The number of benzene rings is 1. The smallest absolute Gasteiger partial charge is 0.311 e.